The van der Waals surface area contributed by atoms with Crippen LogP contribution in [0.15, 0.2) is 47.5 Å². The number of imidazole rings is 1. The maximum Gasteiger partial charge on any atom is 0.222 e. The van der Waals surface area contributed by atoms with Gasteiger partial charge in [-0.05, 0) is 49.3 Å². The summed E-state index contributed by atoms with van der Waals surface area (Å²) >= 11 is 5.42. The number of allylic oxidation sites excluding steroid dienone is 1. The van der Waals surface area contributed by atoms with E-state index in [4.69, 9.17) is 12.2 Å². The molecule has 2 heterocycles. The van der Waals surface area contributed by atoms with Crippen molar-refractivity contribution in [1.29, 1.82) is 0 Å². The number of para-hydroxylation sites is 1. The first-order valence-electron chi connectivity index (χ1n) is 8.57. The summed E-state index contributed by atoms with van der Waals surface area (Å²) in [5.41, 5.74) is 6.82. The number of aliphatic imine (C=N–C) groups is 1. The Hall–Kier alpha value is -2.92. The second-order valence-corrected chi connectivity index (χ2v) is 6.75. The predicted molar refractivity (Wildman–Crippen MR) is 109 cm³/mol. The number of benzene rings is 2. The Bertz CT molecular complexity index is 1100. The summed E-state index contributed by atoms with van der Waals surface area (Å²) in [6, 6.07) is 14.1. The standard InChI is InChI=1S/C21H19N3OS/c1-3-14-5-4-6-17-15(12-22-19(14)17)11-18-20(25)24(21(26)23-18)16-9-7-13(2)8-10-16/h4-12,25H,3H2,1-2H3,(H,23,26)/b15-11+. The topological polar surface area (TPSA) is 53.3 Å². The minimum Gasteiger partial charge on any atom is -0.493 e. The van der Waals surface area contributed by atoms with Gasteiger partial charge in [-0.25, -0.2) is 0 Å². The van der Waals surface area contributed by atoms with Crippen LogP contribution in [0.4, 0.5) is 5.69 Å². The highest BCUT2D eigenvalue weighted by Gasteiger charge is 2.17. The van der Waals surface area contributed by atoms with Gasteiger partial charge >= 0.3 is 0 Å². The van der Waals surface area contributed by atoms with Gasteiger partial charge in [-0.15, -0.1) is 0 Å². The first-order chi connectivity index (χ1) is 12.6. The van der Waals surface area contributed by atoms with Crippen LogP contribution in [0.2, 0.25) is 0 Å². The molecule has 5 heteroatoms. The Balaban J connectivity index is 1.80. The van der Waals surface area contributed by atoms with E-state index in [0.29, 0.717) is 10.5 Å². The molecule has 4 rings (SSSR count). The van der Waals surface area contributed by atoms with E-state index in [1.807, 2.05) is 49.5 Å². The molecule has 0 aliphatic carbocycles. The molecule has 0 radical (unpaired) electrons. The highest BCUT2D eigenvalue weighted by molar-refractivity contribution is 7.71. The molecule has 1 aliphatic rings. The van der Waals surface area contributed by atoms with Crippen LogP contribution in [0.25, 0.3) is 17.3 Å². The van der Waals surface area contributed by atoms with Crippen molar-refractivity contribution in [2.45, 2.75) is 20.3 Å². The molecule has 1 aliphatic heterocycles. The Labute approximate surface area is 157 Å². The van der Waals surface area contributed by atoms with Gasteiger partial charge in [0.25, 0.3) is 0 Å². The van der Waals surface area contributed by atoms with Crippen LogP contribution in [0.3, 0.4) is 0 Å². The van der Waals surface area contributed by atoms with Crippen molar-refractivity contribution in [3.63, 3.8) is 0 Å². The molecule has 130 valence electrons. The maximum atomic E-state index is 10.7. The Morgan fingerprint density at radius 1 is 1.19 bits per heavy atom. The number of aryl methyl sites for hydroxylation is 2. The summed E-state index contributed by atoms with van der Waals surface area (Å²) < 4.78 is 2.09. The number of hydrogen-bond donors (Lipinski definition) is 2. The monoisotopic (exact) mass is 361 g/mol. The van der Waals surface area contributed by atoms with Crippen molar-refractivity contribution >= 4 is 35.8 Å². The fraction of sp³-hybridized carbons (Fsp3) is 0.143. The smallest absolute Gasteiger partial charge is 0.222 e. The zero-order valence-corrected chi connectivity index (χ0v) is 15.5. The zero-order chi connectivity index (χ0) is 18.3. The van der Waals surface area contributed by atoms with Crippen LogP contribution < -0.4 is 0 Å². The van der Waals surface area contributed by atoms with Gasteiger partial charge in [0.2, 0.25) is 5.88 Å². The van der Waals surface area contributed by atoms with E-state index in [2.05, 4.69) is 29.0 Å². The van der Waals surface area contributed by atoms with Crippen LogP contribution >= 0.6 is 12.2 Å². The molecule has 0 unspecified atom stereocenters. The quantitative estimate of drug-likeness (QED) is 0.616. The van der Waals surface area contributed by atoms with Gasteiger partial charge in [0.1, 0.15) is 5.69 Å². The molecular weight excluding hydrogens is 342 g/mol. The number of hydrogen-bond acceptors (Lipinski definition) is 3. The number of rotatable bonds is 3. The Morgan fingerprint density at radius 2 is 1.96 bits per heavy atom. The lowest BCUT2D eigenvalue weighted by molar-refractivity contribution is 0.441. The number of aromatic hydroxyl groups is 1. The van der Waals surface area contributed by atoms with Crippen LogP contribution in [-0.2, 0) is 6.42 Å². The minimum absolute atomic E-state index is 0.0971. The van der Waals surface area contributed by atoms with Gasteiger partial charge in [0, 0.05) is 17.4 Å². The highest BCUT2D eigenvalue weighted by atomic mass is 32.1. The molecule has 4 nitrogen and oxygen atoms in total. The van der Waals surface area contributed by atoms with E-state index in [1.54, 1.807) is 4.57 Å². The fourth-order valence-electron chi connectivity index (χ4n) is 3.21. The van der Waals surface area contributed by atoms with Crippen LogP contribution in [0.5, 0.6) is 5.88 Å². The Kier molecular flexibility index (Phi) is 4.09. The molecule has 3 aromatic rings. The fourth-order valence-corrected chi connectivity index (χ4v) is 3.52. The second-order valence-electron chi connectivity index (χ2n) is 6.36. The molecule has 0 saturated heterocycles. The number of aromatic amines is 1. The lowest BCUT2D eigenvalue weighted by Gasteiger charge is -2.05. The van der Waals surface area contributed by atoms with Crippen molar-refractivity contribution in [3.05, 3.63) is 69.6 Å². The minimum atomic E-state index is 0.0971. The zero-order valence-electron chi connectivity index (χ0n) is 14.7. The largest absolute Gasteiger partial charge is 0.493 e. The van der Waals surface area contributed by atoms with E-state index in [1.165, 1.54) is 5.56 Å². The third-order valence-corrected chi connectivity index (χ3v) is 4.92. The van der Waals surface area contributed by atoms with Crippen molar-refractivity contribution < 1.29 is 5.11 Å². The predicted octanol–water partition coefficient (Wildman–Crippen LogP) is 5.37. The molecule has 0 amide bonds. The van der Waals surface area contributed by atoms with Gasteiger partial charge in [0.05, 0.1) is 11.4 Å². The van der Waals surface area contributed by atoms with Gasteiger partial charge in [-0.2, -0.15) is 0 Å². The van der Waals surface area contributed by atoms with Crippen LogP contribution in [0, 0.1) is 11.7 Å². The van der Waals surface area contributed by atoms with Crippen LogP contribution in [0.1, 0.15) is 29.3 Å². The number of nitrogens with zero attached hydrogens (tertiary/aromatic N) is 2. The molecule has 0 atom stereocenters. The Morgan fingerprint density at radius 3 is 2.69 bits per heavy atom. The van der Waals surface area contributed by atoms with E-state index in [9.17, 15) is 5.11 Å². The number of fused-ring (bicyclic) bond motifs is 1. The summed E-state index contributed by atoms with van der Waals surface area (Å²) in [5, 5.41) is 10.7. The van der Waals surface area contributed by atoms with Crippen LogP contribution in [-0.4, -0.2) is 20.9 Å². The average molecular weight is 361 g/mol. The summed E-state index contributed by atoms with van der Waals surface area (Å²) in [6.07, 6.45) is 4.67. The van der Waals surface area contributed by atoms with E-state index >= 15 is 0 Å². The average Bonchev–Trinajstić information content (AvgIpc) is 3.17. The molecule has 0 fully saturated rings. The molecule has 26 heavy (non-hydrogen) atoms. The van der Waals surface area contributed by atoms with Crippen molar-refractivity contribution in [1.82, 2.24) is 9.55 Å². The molecular formula is C21H19N3OS. The molecule has 0 saturated carbocycles. The SMILES string of the molecule is CCc1cccc2c1N=C/C2=C\c1[nH]c(=S)n(-c2ccc(C)cc2)c1O. The molecule has 1 aromatic heterocycles. The van der Waals surface area contributed by atoms with Crippen molar-refractivity contribution in [3.8, 4) is 11.6 Å². The first kappa shape index (κ1) is 16.5. The normalized spacial score (nSPS) is 14.2. The highest BCUT2D eigenvalue weighted by Crippen LogP contribution is 2.36. The van der Waals surface area contributed by atoms with E-state index < -0.39 is 0 Å². The van der Waals surface area contributed by atoms with Gasteiger partial charge in [0.15, 0.2) is 4.77 Å². The van der Waals surface area contributed by atoms with Crippen molar-refractivity contribution in [2.75, 3.05) is 0 Å². The molecule has 2 N–H and O–H groups in total. The van der Waals surface area contributed by atoms with Gasteiger partial charge in [-0.1, -0.05) is 42.8 Å². The van der Waals surface area contributed by atoms with Gasteiger partial charge < -0.3 is 10.1 Å². The summed E-state index contributed by atoms with van der Waals surface area (Å²) in [5.74, 6) is 0.0971. The van der Waals surface area contributed by atoms with Crippen molar-refractivity contribution in [2.24, 2.45) is 4.99 Å². The first-order valence-corrected chi connectivity index (χ1v) is 8.98. The number of nitrogens with one attached hydrogen (secondary N) is 1. The third kappa shape index (κ3) is 2.70. The second kappa shape index (κ2) is 6.42. The summed E-state index contributed by atoms with van der Waals surface area (Å²) in [4.78, 5) is 7.65. The third-order valence-electron chi connectivity index (χ3n) is 4.63. The lowest BCUT2D eigenvalue weighted by atomic mass is 10.0. The summed E-state index contributed by atoms with van der Waals surface area (Å²) in [6.45, 7) is 4.15. The van der Waals surface area contributed by atoms with E-state index in [-0.39, 0.29) is 5.88 Å². The number of H-pyrrole nitrogens is 1. The molecule has 2 aromatic carbocycles. The van der Waals surface area contributed by atoms with Gasteiger partial charge in [-0.3, -0.25) is 9.56 Å². The summed E-state index contributed by atoms with van der Waals surface area (Å²) in [7, 11) is 0. The molecule has 0 spiro atoms. The molecule has 0 bridgehead atoms. The maximum absolute atomic E-state index is 10.7. The van der Waals surface area contributed by atoms with E-state index in [0.717, 1.165) is 34.5 Å². The number of aromatic nitrogens is 2. The lowest BCUT2D eigenvalue weighted by Crippen LogP contribution is -1.93.